The molecule has 1 aliphatic heterocycles. The first-order valence-electron chi connectivity index (χ1n) is 13.3. The van der Waals surface area contributed by atoms with Gasteiger partial charge in [0.25, 0.3) is 0 Å². The topological polar surface area (TPSA) is 109 Å². The molecule has 1 aliphatic carbocycles. The molecule has 244 valence electrons. The molecule has 2 aromatic rings. The van der Waals surface area contributed by atoms with Crippen LogP contribution in [0.15, 0.2) is 42.5 Å². The lowest BCUT2D eigenvalue weighted by Crippen LogP contribution is -2.52. The van der Waals surface area contributed by atoms with Gasteiger partial charge in [-0.05, 0) is 69.1 Å². The minimum Gasteiger partial charge on any atom is -0.493 e. The fraction of sp³-hybridized carbons (Fsp3) is 0.500. The van der Waals surface area contributed by atoms with Gasteiger partial charge in [0.05, 0.1) is 14.2 Å². The van der Waals surface area contributed by atoms with Gasteiger partial charge in [0.2, 0.25) is 0 Å². The van der Waals surface area contributed by atoms with Crippen LogP contribution in [0.2, 0.25) is 0 Å². The summed E-state index contributed by atoms with van der Waals surface area (Å²) in [6.45, 7) is 0.925. The maximum atomic E-state index is 13.2. The Kier molecular flexibility index (Phi) is 10.8. The van der Waals surface area contributed by atoms with Gasteiger partial charge in [-0.1, -0.05) is 12.1 Å². The van der Waals surface area contributed by atoms with Crippen molar-refractivity contribution in [3.63, 3.8) is 0 Å². The number of carboxylic acid groups (broad SMARTS) is 1. The average Bonchev–Trinajstić information content (AvgIpc) is 3.29. The molecule has 16 heteroatoms. The molecule has 4 rings (SSSR count). The van der Waals surface area contributed by atoms with E-state index in [4.69, 9.17) is 19.4 Å². The summed E-state index contributed by atoms with van der Waals surface area (Å²) < 4.78 is 98.0. The number of nitrogens with one attached hydrogen (secondary N) is 2. The second-order valence-corrected chi connectivity index (χ2v) is 10.3. The summed E-state index contributed by atoms with van der Waals surface area (Å²) in [6, 6.07) is 10.6. The Hall–Kier alpha value is -3.95. The summed E-state index contributed by atoms with van der Waals surface area (Å²) in [5.74, 6) is -1.88. The van der Waals surface area contributed by atoms with Gasteiger partial charge in [0, 0.05) is 29.3 Å². The third kappa shape index (κ3) is 8.15. The van der Waals surface area contributed by atoms with Crippen LogP contribution in [0.25, 0.3) is 0 Å². The van der Waals surface area contributed by atoms with Gasteiger partial charge in [-0.15, -0.1) is 0 Å². The number of likely N-dealkylation sites (tertiary alicyclic amines) is 1. The largest absolute Gasteiger partial charge is 0.493 e. The first-order valence-corrected chi connectivity index (χ1v) is 13.3. The molecule has 2 aliphatic rings. The number of carbonyl (C=O) groups excluding carboxylic acids is 1. The van der Waals surface area contributed by atoms with Crippen LogP contribution < -0.4 is 24.8 Å². The van der Waals surface area contributed by atoms with Crippen LogP contribution in [0, 0.1) is 0 Å². The number of rotatable bonds is 8. The molecular weight excluding hydrogens is 607 g/mol. The Bertz CT molecular complexity index is 1310. The normalized spacial score (nSPS) is 21.9. The Balaban J connectivity index is 0.000000676. The molecule has 1 saturated carbocycles. The predicted octanol–water partition coefficient (Wildman–Crippen LogP) is 5.89. The minimum atomic E-state index is -5.08. The number of methoxy groups -OCH3 is 2. The summed E-state index contributed by atoms with van der Waals surface area (Å²) in [4.78, 5) is 23.9. The van der Waals surface area contributed by atoms with Crippen molar-refractivity contribution in [3.8, 4) is 17.2 Å². The summed E-state index contributed by atoms with van der Waals surface area (Å²) in [7, 11) is 5.30. The van der Waals surface area contributed by atoms with E-state index < -0.39 is 36.5 Å². The molecule has 2 fully saturated rings. The van der Waals surface area contributed by atoms with Gasteiger partial charge in [-0.2, -0.15) is 30.7 Å². The molecule has 44 heavy (non-hydrogen) atoms. The van der Waals surface area contributed by atoms with Crippen molar-refractivity contribution < 1.29 is 59.6 Å². The number of likely N-dealkylation sites (N-methyl/N-ethyl adjacent to an activating group) is 1. The third-order valence-electron chi connectivity index (χ3n) is 7.66. The molecule has 0 bridgehead atoms. The molecule has 3 atom stereocenters. The number of halogens is 7. The lowest BCUT2D eigenvalue weighted by molar-refractivity contribution is -0.253. The first kappa shape index (κ1) is 34.5. The van der Waals surface area contributed by atoms with Crippen LogP contribution in [0.1, 0.15) is 31.2 Å². The van der Waals surface area contributed by atoms with Crippen LogP contribution >= 0.6 is 0 Å². The van der Waals surface area contributed by atoms with Crippen LogP contribution in [0.3, 0.4) is 0 Å². The summed E-state index contributed by atoms with van der Waals surface area (Å²) in [6.07, 6.45) is -10.4. The van der Waals surface area contributed by atoms with E-state index in [0.29, 0.717) is 11.5 Å². The van der Waals surface area contributed by atoms with E-state index in [1.165, 1.54) is 17.7 Å². The number of carboxylic acids is 1. The Labute approximate surface area is 248 Å². The lowest BCUT2D eigenvalue weighted by Gasteiger charge is -2.45. The number of carbonyl (C=O) groups is 2. The second-order valence-electron chi connectivity index (χ2n) is 10.3. The quantitative estimate of drug-likeness (QED) is 0.309. The van der Waals surface area contributed by atoms with E-state index in [-0.39, 0.29) is 23.2 Å². The molecular formula is C28H32F7N3O6. The molecule has 2 aromatic carbocycles. The van der Waals surface area contributed by atoms with Crippen molar-refractivity contribution in [2.75, 3.05) is 33.1 Å². The Morgan fingerprint density at radius 1 is 1.02 bits per heavy atom. The van der Waals surface area contributed by atoms with Crippen LogP contribution in [0.4, 0.5) is 41.2 Å². The zero-order valence-electron chi connectivity index (χ0n) is 23.9. The number of amides is 2. The van der Waals surface area contributed by atoms with E-state index in [1.54, 1.807) is 14.2 Å². The number of alkyl halides is 7. The van der Waals surface area contributed by atoms with Crippen molar-refractivity contribution in [1.29, 1.82) is 0 Å². The Morgan fingerprint density at radius 3 is 2.27 bits per heavy atom. The molecule has 1 heterocycles. The summed E-state index contributed by atoms with van der Waals surface area (Å²) >= 11 is 0. The van der Waals surface area contributed by atoms with E-state index in [0.717, 1.165) is 44.4 Å². The van der Waals surface area contributed by atoms with Gasteiger partial charge in [-0.25, -0.2) is 9.59 Å². The number of nitrogens with zero attached hydrogens (tertiary/aromatic N) is 1. The molecule has 0 aromatic heterocycles. The van der Waals surface area contributed by atoms with Gasteiger partial charge in [0.15, 0.2) is 11.5 Å². The second kappa shape index (κ2) is 13.8. The minimum absolute atomic E-state index is 0.0788. The fourth-order valence-electron chi connectivity index (χ4n) is 5.59. The smallest absolute Gasteiger partial charge is 0.490 e. The number of fused-ring (bicyclic) bond motifs is 1. The lowest BCUT2D eigenvalue weighted by atomic mass is 9.65. The van der Waals surface area contributed by atoms with Crippen molar-refractivity contribution in [3.05, 3.63) is 48.0 Å². The van der Waals surface area contributed by atoms with Crippen molar-refractivity contribution in [1.82, 2.24) is 10.2 Å². The highest BCUT2D eigenvalue weighted by molar-refractivity contribution is 5.89. The number of urea groups is 1. The highest BCUT2D eigenvalue weighted by atomic mass is 19.4. The summed E-state index contributed by atoms with van der Waals surface area (Å²) in [5, 5.41) is 12.7. The predicted molar refractivity (Wildman–Crippen MR) is 144 cm³/mol. The zero-order valence-corrected chi connectivity index (χ0v) is 23.9. The van der Waals surface area contributed by atoms with Gasteiger partial charge >= 0.3 is 30.7 Å². The van der Waals surface area contributed by atoms with Crippen molar-refractivity contribution >= 4 is 17.7 Å². The average molecular weight is 640 g/mol. The van der Waals surface area contributed by atoms with Gasteiger partial charge < -0.3 is 34.9 Å². The fourth-order valence-corrected chi connectivity index (χ4v) is 5.59. The van der Waals surface area contributed by atoms with Crippen LogP contribution in [-0.2, 0) is 10.2 Å². The monoisotopic (exact) mass is 639 g/mol. The number of hydrogen-bond donors (Lipinski definition) is 3. The SMILES string of the molecule is COc1ccc([C@@]23CC[C@@H](NC(=O)Nc4cccc(OC(F)(F)C(F)F)c4)C[C@@H]2N(C)CC3)cc1OC.O=C(O)C(F)(F)F. The van der Waals surface area contributed by atoms with Crippen LogP contribution in [0.5, 0.6) is 17.2 Å². The maximum absolute atomic E-state index is 13.2. The highest BCUT2D eigenvalue weighted by Crippen LogP contribution is 2.50. The van der Waals surface area contributed by atoms with Gasteiger partial charge in [0.1, 0.15) is 5.75 Å². The summed E-state index contributed by atoms with van der Waals surface area (Å²) in [5.41, 5.74) is 1.25. The Morgan fingerprint density at radius 2 is 1.68 bits per heavy atom. The number of benzene rings is 2. The molecule has 2 amide bonds. The van der Waals surface area contributed by atoms with Crippen molar-refractivity contribution in [2.45, 2.75) is 61.9 Å². The third-order valence-corrected chi connectivity index (χ3v) is 7.66. The standard InChI is InChI=1S/C26H31F4N3O4.C2HF3O2/c1-33-12-11-25(16-7-8-20(35-2)21(13-16)36-3)10-9-18(15-22(25)33)32-24(34)31-17-5-4-6-19(14-17)37-26(29,30)23(27)28;3-2(4,5)1(6)7/h4-8,13-14,18,22-23H,9-12,15H2,1-3H3,(H2,31,32,34);(H,6,7)/t18-,22+,25+;/m1./s1. The highest BCUT2D eigenvalue weighted by Gasteiger charge is 2.51. The van der Waals surface area contributed by atoms with E-state index in [1.807, 2.05) is 12.1 Å². The molecule has 0 radical (unpaired) electrons. The maximum Gasteiger partial charge on any atom is 0.490 e. The number of hydrogen-bond acceptors (Lipinski definition) is 6. The zero-order chi connectivity index (χ0) is 32.9. The van der Waals surface area contributed by atoms with Crippen LogP contribution in [-0.4, -0.2) is 80.6 Å². The van der Waals surface area contributed by atoms with E-state index in [9.17, 15) is 35.5 Å². The number of ether oxygens (including phenoxy) is 3. The number of anilines is 1. The van der Waals surface area contributed by atoms with Gasteiger partial charge in [-0.3, -0.25) is 0 Å². The van der Waals surface area contributed by atoms with E-state index in [2.05, 4.69) is 33.4 Å². The molecule has 0 unspecified atom stereocenters. The number of aliphatic carboxylic acids is 1. The van der Waals surface area contributed by atoms with E-state index >= 15 is 0 Å². The first-order chi connectivity index (χ1) is 20.5. The molecule has 1 saturated heterocycles. The molecule has 0 spiro atoms. The van der Waals surface area contributed by atoms with Crippen molar-refractivity contribution in [2.24, 2.45) is 0 Å². The molecule has 9 nitrogen and oxygen atoms in total. The molecule has 3 N–H and O–H groups in total.